The maximum absolute atomic E-state index is 15.1. The zero-order valence-electron chi connectivity index (χ0n) is 23.6. The van der Waals surface area contributed by atoms with Crippen LogP contribution in [-0.4, -0.2) is 0 Å². The summed E-state index contributed by atoms with van der Waals surface area (Å²) in [6.45, 7) is 6.02. The Hall–Kier alpha value is -3.14. The Balaban J connectivity index is 1.42. The van der Waals surface area contributed by atoms with Gasteiger partial charge in [-0.1, -0.05) is 113 Å². The van der Waals surface area contributed by atoms with Crippen LogP contribution in [0.2, 0.25) is 0 Å². The van der Waals surface area contributed by atoms with Gasteiger partial charge in [-0.05, 0) is 60.3 Å². The quantitative estimate of drug-likeness (QED) is 0.113. The molecule has 1 aliphatic carbocycles. The van der Waals surface area contributed by atoms with Crippen LogP contribution < -0.4 is 0 Å². The standard InChI is InChI=1S/C36H40F4/c1-3-5-6-7-8-9-10-11-12-29-21-22-30(34(38)33(29)37)27-17-19-28(20-18-27)32-24-23-31(35(39)36(32)40)26-15-13-25(4-2)14-16-26/h4,15,17-25H,2-3,5-14,16H2,1H3. The summed E-state index contributed by atoms with van der Waals surface area (Å²) in [6.07, 6.45) is 15.9. The predicted octanol–water partition coefficient (Wildman–Crippen LogP) is 11.6. The Kier molecular flexibility index (Phi) is 10.8. The number of benzene rings is 3. The molecule has 0 amide bonds. The normalized spacial score (nSPS) is 15.2. The fourth-order valence-corrected chi connectivity index (χ4v) is 5.62. The molecule has 0 spiro atoms. The van der Waals surface area contributed by atoms with E-state index in [1.807, 2.05) is 12.2 Å². The molecule has 0 aliphatic heterocycles. The molecule has 0 saturated heterocycles. The monoisotopic (exact) mass is 548 g/mol. The van der Waals surface area contributed by atoms with E-state index in [4.69, 9.17) is 0 Å². The number of hydrogen-bond acceptors (Lipinski definition) is 0. The molecule has 4 rings (SSSR count). The van der Waals surface area contributed by atoms with Gasteiger partial charge in [0.1, 0.15) is 0 Å². The minimum Gasteiger partial charge on any atom is -0.203 e. The molecule has 0 saturated carbocycles. The highest BCUT2D eigenvalue weighted by atomic mass is 19.2. The zero-order chi connectivity index (χ0) is 28.5. The molecule has 3 aromatic carbocycles. The predicted molar refractivity (Wildman–Crippen MR) is 159 cm³/mol. The summed E-state index contributed by atoms with van der Waals surface area (Å²) in [4.78, 5) is 0. The van der Waals surface area contributed by atoms with Crippen molar-refractivity contribution in [1.29, 1.82) is 0 Å². The van der Waals surface area contributed by atoms with Crippen molar-refractivity contribution < 1.29 is 17.6 Å². The van der Waals surface area contributed by atoms with Crippen LogP contribution in [0.5, 0.6) is 0 Å². The molecule has 0 bridgehead atoms. The first-order chi connectivity index (χ1) is 19.4. The minimum absolute atomic E-state index is 0.139. The van der Waals surface area contributed by atoms with Gasteiger partial charge in [0.15, 0.2) is 23.3 Å². The van der Waals surface area contributed by atoms with Crippen molar-refractivity contribution in [2.45, 2.75) is 84.0 Å². The molecule has 0 N–H and O–H groups in total. The number of halogens is 4. The topological polar surface area (TPSA) is 0 Å². The molecule has 0 aromatic heterocycles. The lowest BCUT2D eigenvalue weighted by atomic mass is 9.86. The smallest absolute Gasteiger partial charge is 0.167 e. The third-order valence-electron chi connectivity index (χ3n) is 8.18. The highest BCUT2D eigenvalue weighted by Crippen LogP contribution is 2.36. The second-order valence-electron chi connectivity index (χ2n) is 11.0. The molecule has 40 heavy (non-hydrogen) atoms. The maximum Gasteiger partial charge on any atom is 0.167 e. The number of allylic oxidation sites excluding steroid dienone is 3. The summed E-state index contributed by atoms with van der Waals surface area (Å²) in [7, 11) is 0. The first-order valence-corrected chi connectivity index (χ1v) is 14.8. The van der Waals surface area contributed by atoms with Gasteiger partial charge in [-0.15, -0.1) is 6.58 Å². The molecule has 1 atom stereocenters. The van der Waals surface area contributed by atoms with Crippen molar-refractivity contribution in [1.82, 2.24) is 0 Å². The average molecular weight is 549 g/mol. The average Bonchev–Trinajstić information content (AvgIpc) is 2.98. The molecule has 0 fully saturated rings. The van der Waals surface area contributed by atoms with Crippen LogP contribution in [0.4, 0.5) is 17.6 Å². The van der Waals surface area contributed by atoms with Gasteiger partial charge in [-0.2, -0.15) is 0 Å². The van der Waals surface area contributed by atoms with Gasteiger partial charge in [0.25, 0.3) is 0 Å². The third-order valence-corrected chi connectivity index (χ3v) is 8.18. The van der Waals surface area contributed by atoms with E-state index in [0.29, 0.717) is 41.0 Å². The Morgan fingerprint density at radius 2 is 1.20 bits per heavy atom. The van der Waals surface area contributed by atoms with Gasteiger partial charge in [-0.25, -0.2) is 17.6 Å². The molecule has 3 aromatic rings. The summed E-state index contributed by atoms with van der Waals surface area (Å²) in [5.41, 5.74) is 2.77. The molecule has 0 heterocycles. The Labute approximate surface area is 236 Å². The lowest BCUT2D eigenvalue weighted by molar-refractivity contribution is 0.497. The van der Waals surface area contributed by atoms with Crippen LogP contribution in [0.15, 0.2) is 67.3 Å². The Bertz CT molecular complexity index is 1320. The molecular weight excluding hydrogens is 508 g/mol. The van der Waals surface area contributed by atoms with Crippen LogP contribution >= 0.6 is 0 Å². The van der Waals surface area contributed by atoms with Crippen LogP contribution in [0.3, 0.4) is 0 Å². The summed E-state index contributed by atoms with van der Waals surface area (Å²) < 4.78 is 60.1. The fraction of sp³-hybridized carbons (Fsp3) is 0.389. The SMILES string of the molecule is C=CC1CC=C(c2ccc(-c3ccc(-c4ccc(CCCCCCCCCC)c(F)c4F)cc3)c(F)c2F)CC1. The number of rotatable bonds is 13. The van der Waals surface area contributed by atoms with E-state index in [0.717, 1.165) is 37.7 Å². The van der Waals surface area contributed by atoms with Crippen molar-refractivity contribution in [3.8, 4) is 22.3 Å². The summed E-state index contributed by atoms with van der Waals surface area (Å²) in [6, 6.07) is 13.0. The van der Waals surface area contributed by atoms with E-state index in [2.05, 4.69) is 13.5 Å². The van der Waals surface area contributed by atoms with Crippen molar-refractivity contribution in [2.75, 3.05) is 0 Å². The molecule has 4 heteroatoms. The Morgan fingerprint density at radius 1 is 0.675 bits per heavy atom. The van der Waals surface area contributed by atoms with Crippen LogP contribution in [0.25, 0.3) is 27.8 Å². The van der Waals surface area contributed by atoms with Crippen LogP contribution in [-0.2, 0) is 6.42 Å². The maximum atomic E-state index is 15.1. The third kappa shape index (κ3) is 7.13. The first-order valence-electron chi connectivity index (χ1n) is 14.8. The molecular formula is C36H40F4. The van der Waals surface area contributed by atoms with E-state index in [-0.39, 0.29) is 11.1 Å². The largest absolute Gasteiger partial charge is 0.203 e. The molecule has 0 nitrogen and oxygen atoms in total. The van der Waals surface area contributed by atoms with Gasteiger partial charge in [-0.3, -0.25) is 0 Å². The van der Waals surface area contributed by atoms with E-state index >= 15 is 13.2 Å². The van der Waals surface area contributed by atoms with Gasteiger partial charge in [0.05, 0.1) is 0 Å². The lowest BCUT2D eigenvalue weighted by Crippen LogP contribution is -2.04. The molecule has 1 unspecified atom stereocenters. The summed E-state index contributed by atoms with van der Waals surface area (Å²) in [5, 5.41) is 0. The van der Waals surface area contributed by atoms with Gasteiger partial charge in [0.2, 0.25) is 0 Å². The van der Waals surface area contributed by atoms with Gasteiger partial charge in [0, 0.05) is 16.7 Å². The number of hydrogen-bond donors (Lipinski definition) is 0. The van der Waals surface area contributed by atoms with Crippen molar-refractivity contribution in [3.05, 3.63) is 102 Å². The second kappa shape index (κ2) is 14.5. The Morgan fingerprint density at radius 3 is 1.77 bits per heavy atom. The highest BCUT2D eigenvalue weighted by molar-refractivity contribution is 5.74. The number of aryl methyl sites for hydroxylation is 1. The fourth-order valence-electron chi connectivity index (χ4n) is 5.62. The van der Waals surface area contributed by atoms with E-state index < -0.39 is 23.3 Å². The lowest BCUT2D eigenvalue weighted by Gasteiger charge is -2.20. The molecule has 1 aliphatic rings. The van der Waals surface area contributed by atoms with Gasteiger partial charge >= 0.3 is 0 Å². The second-order valence-corrected chi connectivity index (χ2v) is 11.0. The summed E-state index contributed by atoms with van der Waals surface area (Å²) >= 11 is 0. The molecule has 0 radical (unpaired) electrons. The van der Waals surface area contributed by atoms with Gasteiger partial charge < -0.3 is 0 Å². The van der Waals surface area contributed by atoms with Crippen molar-refractivity contribution in [3.63, 3.8) is 0 Å². The van der Waals surface area contributed by atoms with E-state index in [9.17, 15) is 4.39 Å². The number of unbranched alkanes of at least 4 members (excludes halogenated alkanes) is 7. The van der Waals surface area contributed by atoms with E-state index in [1.54, 1.807) is 48.5 Å². The zero-order valence-corrected chi connectivity index (χ0v) is 23.6. The van der Waals surface area contributed by atoms with E-state index in [1.165, 1.54) is 32.1 Å². The first kappa shape index (κ1) is 29.8. The van der Waals surface area contributed by atoms with Crippen LogP contribution in [0.1, 0.15) is 88.7 Å². The van der Waals surface area contributed by atoms with Crippen molar-refractivity contribution >= 4 is 5.57 Å². The summed E-state index contributed by atoms with van der Waals surface area (Å²) in [5.74, 6) is -3.06. The highest BCUT2D eigenvalue weighted by Gasteiger charge is 2.21. The van der Waals surface area contributed by atoms with Crippen molar-refractivity contribution in [2.24, 2.45) is 5.92 Å². The molecule has 212 valence electrons. The van der Waals surface area contributed by atoms with Crippen LogP contribution in [0, 0.1) is 29.2 Å². The minimum atomic E-state index is -0.903.